The van der Waals surface area contributed by atoms with Crippen LogP contribution in [0.15, 0.2) is 5.38 Å². The van der Waals surface area contributed by atoms with Crippen LogP contribution in [0.2, 0.25) is 0 Å². The molecule has 55 heavy (non-hydrogen) atoms. The summed E-state index contributed by atoms with van der Waals surface area (Å²) in [5.41, 5.74) is -0.938. The van der Waals surface area contributed by atoms with Crippen LogP contribution >= 0.6 is 11.3 Å². The maximum atomic E-state index is 12.7. The predicted molar refractivity (Wildman–Crippen MR) is 216 cm³/mol. The number of carbonyl (C=O) groups is 2. The van der Waals surface area contributed by atoms with E-state index in [9.17, 15) is 22.8 Å². The number of aliphatic hydroxyl groups is 1. The van der Waals surface area contributed by atoms with Crippen molar-refractivity contribution >= 4 is 28.7 Å². The molecule has 2 unspecified atom stereocenters. The highest BCUT2D eigenvalue weighted by atomic mass is 32.1. The zero-order valence-corrected chi connectivity index (χ0v) is 35.8. The fourth-order valence-corrected chi connectivity index (χ4v) is 7.70. The molecule has 3 aliphatic heterocycles. The van der Waals surface area contributed by atoms with E-state index in [0.717, 1.165) is 81.3 Å². The van der Waals surface area contributed by atoms with Crippen molar-refractivity contribution in [2.45, 2.75) is 112 Å². The second-order valence-corrected chi connectivity index (χ2v) is 16.4. The minimum Gasteiger partial charge on any atom is -0.395 e. The highest BCUT2D eigenvalue weighted by Gasteiger charge is 2.54. The summed E-state index contributed by atoms with van der Waals surface area (Å²) < 4.78 is 54.3. The summed E-state index contributed by atoms with van der Waals surface area (Å²) in [6, 6.07) is 0. The lowest BCUT2D eigenvalue weighted by molar-refractivity contribution is -0.140. The quantitative estimate of drug-likeness (QED) is 0.121. The van der Waals surface area contributed by atoms with Crippen LogP contribution in [0.3, 0.4) is 0 Å². The smallest absolute Gasteiger partial charge is 0.395 e. The van der Waals surface area contributed by atoms with Crippen LogP contribution in [0.5, 0.6) is 0 Å². The second-order valence-electron chi connectivity index (χ2n) is 15.5. The van der Waals surface area contributed by atoms with E-state index in [1.165, 1.54) is 32.1 Å². The van der Waals surface area contributed by atoms with Crippen molar-refractivity contribution in [2.75, 3.05) is 90.9 Å². The van der Waals surface area contributed by atoms with E-state index in [1.807, 2.05) is 0 Å². The molecule has 15 heteroatoms. The Morgan fingerprint density at radius 1 is 1.20 bits per heavy atom. The van der Waals surface area contributed by atoms with Gasteiger partial charge in [0.1, 0.15) is 6.29 Å². The van der Waals surface area contributed by atoms with Gasteiger partial charge in [-0.15, -0.1) is 11.3 Å². The summed E-state index contributed by atoms with van der Waals surface area (Å²) in [4.78, 5) is 27.8. The standard InChI is InChI=1S/C13H17F3N4O2S.C11H22O2.C8H19NO.C8H16O/c14-13(15,16)9-4-23-11(19-9)20-3-8(10(22)18-1-2-21)12(7-20)5-17-6-12;1-3-11-6-5-10(7-8-13-11)9-12-4-2;1-4-8(7-10-3)6-9-5-2;1-4-5-8(2,3)6-7-9/h4,8,17,21H,1-3,5-7H2,(H,18,22);10-11H,3-9H2,1-2H3;8-9H,4-7H2,1-3H3;7H,4-6H2,1-3H3/t8-;;8-;/m0.0./s1. The van der Waals surface area contributed by atoms with E-state index in [1.54, 1.807) is 12.0 Å². The van der Waals surface area contributed by atoms with Crippen molar-refractivity contribution in [1.82, 2.24) is 20.9 Å². The number of nitrogens with zero attached hydrogens (tertiary/aromatic N) is 2. The van der Waals surface area contributed by atoms with Crippen molar-refractivity contribution in [3.63, 3.8) is 0 Å². The lowest BCUT2D eigenvalue weighted by Gasteiger charge is -2.42. The SMILES string of the molecule is CCCC(C)(C)CC=O.CCNC[C@H](CC)COC.CCOCC1CCOC(CC)CC1.O=C(NCCO)[C@@H]1CN(c2nc(C(F)(F)F)cs2)CC12CNC2. The van der Waals surface area contributed by atoms with Crippen molar-refractivity contribution in [2.24, 2.45) is 28.6 Å². The first kappa shape index (κ1) is 51.1. The third-order valence-corrected chi connectivity index (χ3v) is 11.3. The largest absolute Gasteiger partial charge is 0.434 e. The fraction of sp³-hybridized carbons (Fsp3) is 0.875. The molecule has 1 spiro atoms. The number of aldehydes is 1. The zero-order chi connectivity index (χ0) is 41.3. The maximum absolute atomic E-state index is 12.7. The number of amides is 1. The molecule has 0 aliphatic carbocycles. The first-order valence-electron chi connectivity index (χ1n) is 20.4. The molecular formula is C40H74F3N5O6S. The third-order valence-electron chi connectivity index (χ3n) is 10.4. The molecule has 0 radical (unpaired) electrons. The van der Waals surface area contributed by atoms with Gasteiger partial charge in [-0.3, -0.25) is 4.79 Å². The van der Waals surface area contributed by atoms with Gasteiger partial charge in [0.25, 0.3) is 0 Å². The molecule has 3 saturated heterocycles. The van der Waals surface area contributed by atoms with Gasteiger partial charge in [-0.05, 0) is 69.2 Å². The van der Waals surface area contributed by atoms with E-state index in [-0.39, 0.29) is 35.8 Å². The van der Waals surface area contributed by atoms with Gasteiger partial charge in [0.15, 0.2) is 10.8 Å². The predicted octanol–water partition coefficient (Wildman–Crippen LogP) is 6.58. The maximum Gasteiger partial charge on any atom is 0.434 e. The second kappa shape index (κ2) is 27.7. The zero-order valence-electron chi connectivity index (χ0n) is 35.0. The molecule has 1 aromatic rings. The van der Waals surface area contributed by atoms with E-state index in [2.05, 4.69) is 69.4 Å². The van der Waals surface area contributed by atoms with E-state index in [0.29, 0.717) is 49.8 Å². The molecule has 1 amide bonds. The van der Waals surface area contributed by atoms with E-state index < -0.39 is 11.9 Å². The van der Waals surface area contributed by atoms with Gasteiger partial charge < -0.3 is 45.0 Å². The Labute approximate surface area is 333 Å². The van der Waals surface area contributed by atoms with Crippen LogP contribution in [0.25, 0.3) is 0 Å². The number of nitrogens with one attached hydrogen (secondary N) is 3. The monoisotopic (exact) mass is 810 g/mol. The average molecular weight is 810 g/mol. The van der Waals surface area contributed by atoms with E-state index in [4.69, 9.17) is 19.3 Å². The summed E-state index contributed by atoms with van der Waals surface area (Å²) in [6.45, 7) is 22.9. The molecule has 0 saturated carbocycles. The Morgan fingerprint density at radius 3 is 2.44 bits per heavy atom. The van der Waals surface area contributed by atoms with Crippen LogP contribution in [-0.2, 0) is 30.0 Å². The first-order chi connectivity index (χ1) is 26.2. The molecule has 0 aromatic carbocycles. The number of ether oxygens (including phenoxy) is 3. The lowest BCUT2D eigenvalue weighted by atomic mass is 9.72. The number of hydrogen-bond acceptors (Lipinski definition) is 11. The van der Waals surface area contributed by atoms with Crippen LogP contribution in [0, 0.1) is 28.6 Å². The minimum absolute atomic E-state index is 0.144. The Bertz CT molecular complexity index is 1160. The molecule has 0 bridgehead atoms. The summed E-state index contributed by atoms with van der Waals surface area (Å²) in [5.74, 6) is 0.922. The number of thiazole rings is 1. The number of carbonyl (C=O) groups excluding carboxylic acids is 2. The number of methoxy groups -OCH3 is 1. The van der Waals surface area contributed by atoms with Gasteiger partial charge in [-0.25, -0.2) is 4.98 Å². The van der Waals surface area contributed by atoms with Crippen LogP contribution < -0.4 is 20.9 Å². The van der Waals surface area contributed by atoms with Crippen molar-refractivity contribution < 1.29 is 42.1 Å². The average Bonchev–Trinajstić information content (AvgIpc) is 3.74. The number of anilines is 1. The molecule has 11 nitrogen and oxygen atoms in total. The molecule has 1 aromatic heterocycles. The number of alkyl halides is 3. The fourth-order valence-electron chi connectivity index (χ4n) is 6.86. The number of aromatic nitrogens is 1. The Morgan fingerprint density at radius 2 is 1.93 bits per heavy atom. The van der Waals surface area contributed by atoms with Gasteiger partial charge in [-0.2, -0.15) is 13.2 Å². The Hall–Kier alpha value is -1.88. The number of aliphatic hydroxyl groups excluding tert-OH is 1. The van der Waals surface area contributed by atoms with Gasteiger partial charge in [0.05, 0.1) is 25.2 Å². The third kappa shape index (κ3) is 19.4. The van der Waals surface area contributed by atoms with Crippen LogP contribution in [0.4, 0.5) is 18.3 Å². The van der Waals surface area contributed by atoms with Gasteiger partial charge in [0.2, 0.25) is 5.91 Å². The summed E-state index contributed by atoms with van der Waals surface area (Å²) in [6.07, 6.45) is 6.09. The summed E-state index contributed by atoms with van der Waals surface area (Å²) >= 11 is 0.943. The first-order valence-corrected chi connectivity index (χ1v) is 21.3. The molecule has 4 heterocycles. The van der Waals surface area contributed by atoms with Gasteiger partial charge in [-0.1, -0.05) is 48.0 Å². The molecule has 322 valence electrons. The lowest BCUT2D eigenvalue weighted by Crippen LogP contribution is -2.60. The van der Waals surface area contributed by atoms with E-state index >= 15 is 0 Å². The minimum atomic E-state index is -4.46. The molecule has 4 N–H and O–H groups in total. The Balaban J connectivity index is 0.000000403. The topological polar surface area (TPSA) is 134 Å². The summed E-state index contributed by atoms with van der Waals surface area (Å²) in [5, 5.41) is 19.2. The van der Waals surface area contributed by atoms with Crippen LogP contribution in [0.1, 0.15) is 106 Å². The summed E-state index contributed by atoms with van der Waals surface area (Å²) in [7, 11) is 1.76. The highest BCUT2D eigenvalue weighted by Crippen LogP contribution is 2.43. The van der Waals surface area contributed by atoms with Crippen molar-refractivity contribution in [3.05, 3.63) is 11.1 Å². The van der Waals surface area contributed by atoms with Crippen LogP contribution in [-0.4, -0.2) is 114 Å². The highest BCUT2D eigenvalue weighted by molar-refractivity contribution is 7.13. The normalized spacial score (nSPS) is 21.1. The molecular weight excluding hydrogens is 736 g/mol. The number of halogens is 3. The van der Waals surface area contributed by atoms with Crippen molar-refractivity contribution in [3.8, 4) is 0 Å². The van der Waals surface area contributed by atoms with Gasteiger partial charge in [0, 0.05) is 83.4 Å². The molecule has 3 fully saturated rings. The number of hydrogen-bond donors (Lipinski definition) is 4. The number of rotatable bonds is 18. The molecule has 4 atom stereocenters. The molecule has 3 aliphatic rings. The Kier molecular flexibility index (Phi) is 25.8. The molecule has 4 rings (SSSR count). The van der Waals surface area contributed by atoms with Gasteiger partial charge >= 0.3 is 6.18 Å². The van der Waals surface area contributed by atoms with Crippen molar-refractivity contribution in [1.29, 1.82) is 0 Å².